The third-order valence-corrected chi connectivity index (χ3v) is 1.51. The van der Waals surface area contributed by atoms with Crippen LogP contribution in [0.3, 0.4) is 0 Å². The first-order valence-corrected chi connectivity index (χ1v) is 3.86. The van der Waals surface area contributed by atoms with Crippen LogP contribution in [0.5, 0.6) is 0 Å². The van der Waals surface area contributed by atoms with Gasteiger partial charge in [-0.05, 0) is 12.6 Å². The third kappa shape index (κ3) is 6.49. The van der Waals surface area contributed by atoms with Gasteiger partial charge < -0.3 is 0 Å². The van der Waals surface area contributed by atoms with E-state index in [1.54, 1.807) is 0 Å². The summed E-state index contributed by atoms with van der Waals surface area (Å²) >= 11 is 5.36. The van der Waals surface area contributed by atoms with Crippen LogP contribution in [0.2, 0.25) is 0 Å². The molecule has 5 heteroatoms. The van der Waals surface area contributed by atoms with Gasteiger partial charge in [0.25, 0.3) is 0 Å². The largest absolute Gasteiger partial charge is 0.401 e. The van der Waals surface area contributed by atoms with Crippen molar-refractivity contribution >= 4 is 11.6 Å². The molecule has 0 fully saturated rings. The molecular formula is C7H11ClF3N. The molecule has 0 spiro atoms. The molecule has 12 heavy (non-hydrogen) atoms. The van der Waals surface area contributed by atoms with Gasteiger partial charge in [0.15, 0.2) is 0 Å². The van der Waals surface area contributed by atoms with Gasteiger partial charge in [-0.25, -0.2) is 0 Å². The summed E-state index contributed by atoms with van der Waals surface area (Å²) in [6.07, 6.45) is -4.15. The first kappa shape index (κ1) is 11.8. The Balaban J connectivity index is 3.74. The van der Waals surface area contributed by atoms with E-state index in [1.807, 2.05) is 0 Å². The molecule has 0 aliphatic heterocycles. The summed E-state index contributed by atoms with van der Waals surface area (Å²) in [6, 6.07) is 0. The Kier molecular flexibility index (Phi) is 4.63. The molecule has 0 bridgehead atoms. The summed E-state index contributed by atoms with van der Waals surface area (Å²) in [5.41, 5.74) is 0.586. The van der Waals surface area contributed by atoms with Gasteiger partial charge in [0.1, 0.15) is 0 Å². The van der Waals surface area contributed by atoms with Crippen molar-refractivity contribution < 1.29 is 13.2 Å². The molecule has 0 aromatic carbocycles. The Morgan fingerprint density at radius 1 is 1.50 bits per heavy atom. The Bertz CT molecular complexity index is 155. The lowest BCUT2D eigenvalue weighted by Gasteiger charge is -2.18. The molecule has 0 rings (SSSR count). The lowest BCUT2D eigenvalue weighted by atomic mass is 10.3. The fraction of sp³-hybridized carbons (Fsp3) is 0.714. The Morgan fingerprint density at radius 2 is 2.00 bits per heavy atom. The Labute approximate surface area is 74.8 Å². The Hall–Kier alpha value is -0.220. The molecule has 72 valence electrons. The second kappa shape index (κ2) is 4.72. The minimum atomic E-state index is -4.15. The van der Waals surface area contributed by atoms with Gasteiger partial charge in [0.05, 0.1) is 6.54 Å². The SMILES string of the molecule is C=C(CCl)CN(C)CC(F)(F)F. The highest BCUT2D eigenvalue weighted by molar-refractivity contribution is 6.19. The highest BCUT2D eigenvalue weighted by Gasteiger charge is 2.28. The predicted octanol–water partition coefficient (Wildman–Crippen LogP) is 2.28. The summed E-state index contributed by atoms with van der Waals surface area (Å²) in [7, 11) is 1.38. The molecule has 0 aromatic heterocycles. The van der Waals surface area contributed by atoms with Crippen molar-refractivity contribution in [2.24, 2.45) is 0 Å². The van der Waals surface area contributed by atoms with Gasteiger partial charge in [0, 0.05) is 12.4 Å². The van der Waals surface area contributed by atoms with E-state index in [0.29, 0.717) is 5.57 Å². The van der Waals surface area contributed by atoms with Crippen LogP contribution in [-0.2, 0) is 0 Å². The van der Waals surface area contributed by atoms with Crippen LogP contribution in [0, 0.1) is 0 Å². The highest BCUT2D eigenvalue weighted by atomic mass is 35.5. The first-order valence-electron chi connectivity index (χ1n) is 3.33. The van der Waals surface area contributed by atoms with Gasteiger partial charge in [-0.1, -0.05) is 6.58 Å². The van der Waals surface area contributed by atoms with E-state index in [-0.39, 0.29) is 12.4 Å². The average molecular weight is 202 g/mol. The van der Waals surface area contributed by atoms with Crippen molar-refractivity contribution in [3.8, 4) is 0 Å². The zero-order valence-electron chi connectivity index (χ0n) is 6.79. The van der Waals surface area contributed by atoms with E-state index < -0.39 is 12.7 Å². The number of alkyl halides is 4. The van der Waals surface area contributed by atoms with E-state index in [4.69, 9.17) is 11.6 Å². The fourth-order valence-corrected chi connectivity index (χ4v) is 0.870. The molecule has 0 radical (unpaired) electrons. The van der Waals surface area contributed by atoms with Crippen molar-refractivity contribution in [2.75, 3.05) is 26.0 Å². The topological polar surface area (TPSA) is 3.24 Å². The van der Waals surface area contributed by atoms with Gasteiger partial charge in [-0.15, -0.1) is 11.6 Å². The summed E-state index contributed by atoms with van der Waals surface area (Å²) in [6.45, 7) is 2.76. The van der Waals surface area contributed by atoms with Crippen molar-refractivity contribution in [2.45, 2.75) is 6.18 Å². The van der Waals surface area contributed by atoms with Crippen molar-refractivity contribution in [1.29, 1.82) is 0 Å². The fourth-order valence-electron chi connectivity index (χ4n) is 0.786. The predicted molar refractivity (Wildman–Crippen MR) is 43.4 cm³/mol. The zero-order valence-corrected chi connectivity index (χ0v) is 7.54. The van der Waals surface area contributed by atoms with Gasteiger partial charge in [-0.2, -0.15) is 13.2 Å². The van der Waals surface area contributed by atoms with Crippen LogP contribution in [-0.4, -0.2) is 37.1 Å². The number of likely N-dealkylation sites (N-methyl/N-ethyl adjacent to an activating group) is 1. The standard InChI is InChI=1S/C7H11ClF3N/c1-6(3-8)4-12(2)5-7(9,10)11/h1,3-5H2,2H3. The quantitative estimate of drug-likeness (QED) is 0.498. The minimum Gasteiger partial charge on any atom is -0.294 e. The summed E-state index contributed by atoms with van der Waals surface area (Å²) in [4.78, 5) is 1.13. The maximum Gasteiger partial charge on any atom is 0.401 e. The molecule has 0 aliphatic carbocycles. The molecule has 0 aliphatic rings. The van der Waals surface area contributed by atoms with Crippen LogP contribution in [0.1, 0.15) is 0 Å². The third-order valence-electron chi connectivity index (χ3n) is 1.13. The monoisotopic (exact) mass is 201 g/mol. The number of hydrogen-bond donors (Lipinski definition) is 0. The number of nitrogens with zero attached hydrogens (tertiary/aromatic N) is 1. The smallest absolute Gasteiger partial charge is 0.294 e. The number of halogens is 4. The lowest BCUT2D eigenvalue weighted by Crippen LogP contribution is -2.32. The maximum absolute atomic E-state index is 11.8. The molecule has 0 heterocycles. The molecule has 1 nitrogen and oxygen atoms in total. The molecule has 0 atom stereocenters. The second-order valence-corrected chi connectivity index (χ2v) is 2.94. The number of hydrogen-bond acceptors (Lipinski definition) is 1. The van der Waals surface area contributed by atoms with Crippen LogP contribution in [0.4, 0.5) is 13.2 Å². The zero-order chi connectivity index (χ0) is 9.78. The van der Waals surface area contributed by atoms with Crippen molar-refractivity contribution in [1.82, 2.24) is 4.90 Å². The number of rotatable bonds is 4. The molecule has 0 saturated heterocycles. The van der Waals surface area contributed by atoms with E-state index in [2.05, 4.69) is 6.58 Å². The lowest BCUT2D eigenvalue weighted by molar-refractivity contribution is -0.142. The van der Waals surface area contributed by atoms with E-state index in [9.17, 15) is 13.2 Å². The Morgan fingerprint density at radius 3 is 2.33 bits per heavy atom. The van der Waals surface area contributed by atoms with Gasteiger partial charge in [-0.3, -0.25) is 4.90 Å². The van der Waals surface area contributed by atoms with Crippen molar-refractivity contribution in [3.05, 3.63) is 12.2 Å². The summed E-state index contributed by atoms with van der Waals surface area (Å²) in [5.74, 6) is 0.197. The molecule has 0 saturated carbocycles. The van der Waals surface area contributed by atoms with Crippen LogP contribution < -0.4 is 0 Å². The summed E-state index contributed by atoms with van der Waals surface area (Å²) in [5, 5.41) is 0. The van der Waals surface area contributed by atoms with Gasteiger partial charge >= 0.3 is 6.18 Å². The van der Waals surface area contributed by atoms with Crippen LogP contribution in [0.25, 0.3) is 0 Å². The van der Waals surface area contributed by atoms with Gasteiger partial charge in [0.2, 0.25) is 0 Å². The first-order chi connectivity index (χ1) is 5.35. The second-order valence-electron chi connectivity index (χ2n) is 2.67. The minimum absolute atomic E-state index is 0.184. The molecule has 0 unspecified atom stereocenters. The van der Waals surface area contributed by atoms with Crippen molar-refractivity contribution in [3.63, 3.8) is 0 Å². The molecule has 0 amide bonds. The average Bonchev–Trinajstić information content (AvgIpc) is 1.82. The normalized spacial score (nSPS) is 12.2. The maximum atomic E-state index is 11.8. The highest BCUT2D eigenvalue weighted by Crippen LogP contribution is 2.15. The van der Waals surface area contributed by atoms with Crippen LogP contribution >= 0.6 is 11.6 Å². The summed E-state index contributed by atoms with van der Waals surface area (Å²) < 4.78 is 35.3. The van der Waals surface area contributed by atoms with E-state index >= 15 is 0 Å². The molecule has 0 N–H and O–H groups in total. The molecular weight excluding hydrogens is 191 g/mol. The van der Waals surface area contributed by atoms with E-state index in [1.165, 1.54) is 7.05 Å². The van der Waals surface area contributed by atoms with Crippen LogP contribution in [0.15, 0.2) is 12.2 Å². The molecule has 0 aromatic rings. The van der Waals surface area contributed by atoms with E-state index in [0.717, 1.165) is 4.90 Å².